The van der Waals surface area contributed by atoms with Crippen molar-refractivity contribution in [1.82, 2.24) is 14.9 Å². The summed E-state index contributed by atoms with van der Waals surface area (Å²) < 4.78 is 2.01. The molecule has 4 rings (SSSR count). The molecule has 1 heterocycles. The quantitative estimate of drug-likeness (QED) is 0.942. The first-order valence-electron chi connectivity index (χ1n) is 8.83. The van der Waals surface area contributed by atoms with Crippen LogP contribution in [0.4, 0.5) is 0 Å². The Morgan fingerprint density at radius 1 is 1.35 bits per heavy atom. The summed E-state index contributed by atoms with van der Waals surface area (Å²) in [4.78, 5) is 17.1. The second-order valence-corrected chi connectivity index (χ2v) is 7.43. The van der Waals surface area contributed by atoms with Crippen LogP contribution in [0.25, 0.3) is 11.0 Å². The molecule has 2 fully saturated rings. The number of hydrogen-bond donors (Lipinski definition) is 1. The Labute approximate surface area is 137 Å². The van der Waals surface area contributed by atoms with Crippen LogP contribution in [-0.2, 0) is 11.3 Å². The number of para-hydroxylation sites is 2. The minimum atomic E-state index is 0.103. The van der Waals surface area contributed by atoms with Gasteiger partial charge in [0, 0.05) is 6.04 Å². The van der Waals surface area contributed by atoms with E-state index in [0.29, 0.717) is 12.5 Å². The largest absolute Gasteiger partial charge is 0.352 e. The van der Waals surface area contributed by atoms with Gasteiger partial charge >= 0.3 is 0 Å². The topological polar surface area (TPSA) is 46.9 Å². The number of imidazole rings is 1. The zero-order valence-corrected chi connectivity index (χ0v) is 14.0. The van der Waals surface area contributed by atoms with Crippen LogP contribution in [0.2, 0.25) is 0 Å². The average molecular weight is 311 g/mol. The van der Waals surface area contributed by atoms with Crippen LogP contribution >= 0.6 is 0 Å². The van der Waals surface area contributed by atoms with Crippen molar-refractivity contribution in [3.05, 3.63) is 30.1 Å². The molecule has 0 radical (unpaired) electrons. The molecule has 4 atom stereocenters. The normalized spacial score (nSPS) is 27.5. The monoisotopic (exact) mass is 311 g/mol. The smallest absolute Gasteiger partial charge is 0.240 e. The van der Waals surface area contributed by atoms with E-state index in [0.717, 1.165) is 28.7 Å². The average Bonchev–Trinajstić information content (AvgIpc) is 3.22. The summed E-state index contributed by atoms with van der Waals surface area (Å²) in [6, 6.07) is 8.29. The fraction of sp³-hybridized carbons (Fsp3) is 0.579. The predicted octanol–water partition coefficient (Wildman–Crippen LogP) is 3.29. The Kier molecular flexibility index (Phi) is 3.63. The van der Waals surface area contributed by atoms with E-state index in [-0.39, 0.29) is 11.9 Å². The van der Waals surface area contributed by atoms with E-state index >= 15 is 0 Å². The number of benzene rings is 1. The van der Waals surface area contributed by atoms with Crippen LogP contribution in [0.1, 0.15) is 38.4 Å². The molecule has 4 nitrogen and oxygen atoms in total. The second kappa shape index (κ2) is 5.66. The maximum absolute atomic E-state index is 12.5. The molecule has 23 heavy (non-hydrogen) atoms. The lowest BCUT2D eigenvalue weighted by Gasteiger charge is -2.28. The molecule has 122 valence electrons. The van der Waals surface area contributed by atoms with E-state index in [1.165, 1.54) is 25.7 Å². The van der Waals surface area contributed by atoms with Crippen molar-refractivity contribution in [2.24, 2.45) is 17.8 Å². The number of hydrogen-bond acceptors (Lipinski definition) is 2. The molecule has 0 spiro atoms. The number of aryl methyl sites for hydroxylation is 1. The van der Waals surface area contributed by atoms with Gasteiger partial charge in [-0.25, -0.2) is 4.98 Å². The summed E-state index contributed by atoms with van der Waals surface area (Å²) in [6.45, 7) is 4.51. The lowest BCUT2D eigenvalue weighted by molar-refractivity contribution is -0.122. The van der Waals surface area contributed by atoms with E-state index in [1.54, 1.807) is 0 Å². The summed E-state index contributed by atoms with van der Waals surface area (Å²) in [5, 5.41) is 3.25. The number of amides is 1. The first-order chi connectivity index (χ1) is 11.1. The molecular formula is C19H25N3O. The Balaban J connectivity index is 1.44. The van der Waals surface area contributed by atoms with Crippen LogP contribution in [0.3, 0.4) is 0 Å². The third-order valence-corrected chi connectivity index (χ3v) is 5.97. The number of nitrogens with one attached hydrogen (secondary N) is 1. The van der Waals surface area contributed by atoms with Crippen molar-refractivity contribution in [2.75, 3.05) is 0 Å². The van der Waals surface area contributed by atoms with E-state index in [4.69, 9.17) is 0 Å². The van der Waals surface area contributed by atoms with Crippen LogP contribution in [0.5, 0.6) is 0 Å². The first-order valence-corrected chi connectivity index (χ1v) is 8.83. The highest BCUT2D eigenvalue weighted by Gasteiger charge is 2.42. The minimum absolute atomic E-state index is 0.103. The van der Waals surface area contributed by atoms with Crippen LogP contribution in [0, 0.1) is 24.7 Å². The predicted molar refractivity (Wildman–Crippen MR) is 91.0 cm³/mol. The number of nitrogens with zero attached hydrogens (tertiary/aromatic N) is 2. The molecule has 1 N–H and O–H groups in total. The SMILES string of the molecule is Cc1nc2ccccc2n1CC(=O)N[C@H](C)[C@H]1C[C@H]2CC[C@H]1C2. The number of fused-ring (bicyclic) bond motifs is 3. The zero-order valence-electron chi connectivity index (χ0n) is 14.0. The summed E-state index contributed by atoms with van der Waals surface area (Å²) in [5.41, 5.74) is 1.99. The summed E-state index contributed by atoms with van der Waals surface area (Å²) in [7, 11) is 0. The molecule has 2 saturated carbocycles. The molecule has 1 aromatic heterocycles. The molecule has 2 aliphatic rings. The summed E-state index contributed by atoms with van der Waals surface area (Å²) >= 11 is 0. The molecule has 0 aliphatic heterocycles. The first kappa shape index (κ1) is 14.7. The third kappa shape index (κ3) is 2.64. The fourth-order valence-corrected chi connectivity index (χ4v) is 4.85. The Hall–Kier alpha value is -1.84. The maximum Gasteiger partial charge on any atom is 0.240 e. The van der Waals surface area contributed by atoms with Crippen molar-refractivity contribution >= 4 is 16.9 Å². The van der Waals surface area contributed by atoms with Crippen molar-refractivity contribution in [3.8, 4) is 0 Å². The van der Waals surface area contributed by atoms with Gasteiger partial charge in [0.1, 0.15) is 12.4 Å². The van der Waals surface area contributed by atoms with Gasteiger partial charge in [0.25, 0.3) is 0 Å². The molecule has 0 saturated heterocycles. The second-order valence-electron chi connectivity index (χ2n) is 7.43. The molecule has 1 amide bonds. The highest BCUT2D eigenvalue weighted by Crippen LogP contribution is 2.49. The summed E-state index contributed by atoms with van der Waals surface area (Å²) in [6.07, 6.45) is 5.46. The molecule has 0 unspecified atom stereocenters. The van der Waals surface area contributed by atoms with E-state index < -0.39 is 0 Å². The maximum atomic E-state index is 12.5. The summed E-state index contributed by atoms with van der Waals surface area (Å²) in [5.74, 6) is 3.44. The standard InChI is InChI=1S/C19H25N3O/c1-12(16-10-14-7-8-15(16)9-14)20-19(23)11-22-13(2)21-17-5-3-4-6-18(17)22/h3-6,12,14-16H,7-11H2,1-2H3,(H,20,23)/t12-,14+,15+,16-/m1/s1. The molecular weight excluding hydrogens is 286 g/mol. The number of carbonyl (C=O) groups is 1. The zero-order chi connectivity index (χ0) is 16.0. The van der Waals surface area contributed by atoms with Gasteiger partial charge in [-0.3, -0.25) is 4.79 Å². The highest BCUT2D eigenvalue weighted by molar-refractivity contribution is 5.81. The Bertz CT molecular complexity index is 735. The van der Waals surface area contributed by atoms with Crippen molar-refractivity contribution < 1.29 is 4.79 Å². The third-order valence-electron chi connectivity index (χ3n) is 5.97. The van der Waals surface area contributed by atoms with Gasteiger partial charge in [-0.05, 0) is 63.0 Å². The van der Waals surface area contributed by atoms with Gasteiger partial charge < -0.3 is 9.88 Å². The highest BCUT2D eigenvalue weighted by atomic mass is 16.2. The molecule has 4 heteroatoms. The molecule has 2 bridgehead atoms. The number of rotatable bonds is 4. The van der Waals surface area contributed by atoms with Crippen molar-refractivity contribution in [3.63, 3.8) is 0 Å². The number of carbonyl (C=O) groups excluding carboxylic acids is 1. The molecule has 2 aliphatic carbocycles. The van der Waals surface area contributed by atoms with Crippen LogP contribution < -0.4 is 5.32 Å². The molecule has 2 aromatic rings. The van der Waals surface area contributed by atoms with Gasteiger partial charge in [0.15, 0.2) is 0 Å². The lowest BCUT2D eigenvalue weighted by atomic mass is 9.84. The lowest BCUT2D eigenvalue weighted by Crippen LogP contribution is -2.41. The fourth-order valence-electron chi connectivity index (χ4n) is 4.85. The van der Waals surface area contributed by atoms with E-state index in [1.807, 2.05) is 35.8 Å². The van der Waals surface area contributed by atoms with Gasteiger partial charge in [0.05, 0.1) is 11.0 Å². The van der Waals surface area contributed by atoms with Crippen molar-refractivity contribution in [2.45, 2.75) is 52.1 Å². The minimum Gasteiger partial charge on any atom is -0.352 e. The van der Waals surface area contributed by atoms with E-state index in [2.05, 4.69) is 17.2 Å². The van der Waals surface area contributed by atoms with Crippen LogP contribution in [-0.4, -0.2) is 21.5 Å². The Morgan fingerprint density at radius 2 is 2.17 bits per heavy atom. The van der Waals surface area contributed by atoms with Crippen LogP contribution in [0.15, 0.2) is 24.3 Å². The molecule has 1 aromatic carbocycles. The van der Waals surface area contributed by atoms with Gasteiger partial charge in [-0.1, -0.05) is 18.6 Å². The Morgan fingerprint density at radius 3 is 2.91 bits per heavy atom. The van der Waals surface area contributed by atoms with E-state index in [9.17, 15) is 4.79 Å². The van der Waals surface area contributed by atoms with Gasteiger partial charge in [-0.15, -0.1) is 0 Å². The van der Waals surface area contributed by atoms with Crippen molar-refractivity contribution in [1.29, 1.82) is 0 Å². The van der Waals surface area contributed by atoms with Gasteiger partial charge in [0.2, 0.25) is 5.91 Å². The number of aromatic nitrogens is 2. The van der Waals surface area contributed by atoms with Gasteiger partial charge in [-0.2, -0.15) is 0 Å².